The minimum Gasteiger partial charge on any atom is -0.207 e. The van der Waals surface area contributed by atoms with Crippen molar-refractivity contribution in [2.75, 3.05) is 0 Å². The summed E-state index contributed by atoms with van der Waals surface area (Å²) in [6.07, 6.45) is 0. The van der Waals surface area contributed by atoms with Crippen LogP contribution in [0.5, 0.6) is 0 Å². The molecule has 0 spiro atoms. The van der Waals surface area contributed by atoms with Crippen molar-refractivity contribution in [3.63, 3.8) is 0 Å². The van der Waals surface area contributed by atoms with Crippen LogP contribution in [0.15, 0.2) is 18.2 Å². The number of hydrogen-bond acceptors (Lipinski definition) is 0. The third-order valence-electron chi connectivity index (χ3n) is 2.60. The Morgan fingerprint density at radius 2 is 1.27 bits per heavy atom. The van der Waals surface area contributed by atoms with Gasteiger partial charge in [-0.25, -0.2) is 4.39 Å². The SMILES string of the molecule is C[Si](C)(C)c1ccc(F)cc1[Si](C)(C)C. The van der Waals surface area contributed by atoms with E-state index < -0.39 is 16.1 Å². The third-order valence-corrected chi connectivity index (χ3v) is 6.93. The first-order chi connectivity index (χ1) is 6.62. The van der Waals surface area contributed by atoms with Crippen LogP contribution in [0.4, 0.5) is 4.39 Å². The minimum atomic E-state index is -1.42. The zero-order chi connectivity index (χ0) is 11.9. The summed E-state index contributed by atoms with van der Waals surface area (Å²) in [4.78, 5) is 0. The van der Waals surface area contributed by atoms with Gasteiger partial charge in [0.25, 0.3) is 0 Å². The van der Waals surface area contributed by atoms with E-state index in [1.54, 1.807) is 12.1 Å². The standard InChI is InChI=1S/C12H21FSi2/c1-14(2,3)11-8-7-10(13)9-12(11)15(4,5)6/h7-9H,1-6H3. The van der Waals surface area contributed by atoms with E-state index in [1.165, 1.54) is 10.4 Å². The van der Waals surface area contributed by atoms with Gasteiger partial charge in [0.1, 0.15) is 5.82 Å². The number of rotatable bonds is 2. The van der Waals surface area contributed by atoms with Gasteiger partial charge in [-0.15, -0.1) is 0 Å². The summed E-state index contributed by atoms with van der Waals surface area (Å²) in [6, 6.07) is 5.38. The molecule has 0 bridgehead atoms. The Morgan fingerprint density at radius 3 is 1.67 bits per heavy atom. The first kappa shape index (κ1) is 12.7. The molecule has 0 N–H and O–H groups in total. The Hall–Kier alpha value is -0.416. The van der Waals surface area contributed by atoms with E-state index in [4.69, 9.17) is 0 Å². The van der Waals surface area contributed by atoms with Crippen molar-refractivity contribution < 1.29 is 4.39 Å². The molecule has 0 nitrogen and oxygen atoms in total. The lowest BCUT2D eigenvalue weighted by molar-refractivity contribution is 0.629. The van der Waals surface area contributed by atoms with Crippen LogP contribution in [0.1, 0.15) is 0 Å². The Balaban J connectivity index is 3.41. The molecule has 0 atom stereocenters. The van der Waals surface area contributed by atoms with Crippen molar-refractivity contribution >= 4 is 26.5 Å². The van der Waals surface area contributed by atoms with Gasteiger partial charge in [-0.05, 0) is 12.1 Å². The highest BCUT2D eigenvalue weighted by Gasteiger charge is 2.27. The average molecular weight is 240 g/mol. The first-order valence-electron chi connectivity index (χ1n) is 5.43. The maximum atomic E-state index is 13.3. The minimum absolute atomic E-state index is 0.0885. The van der Waals surface area contributed by atoms with Crippen molar-refractivity contribution in [3.05, 3.63) is 24.0 Å². The number of benzene rings is 1. The Morgan fingerprint density at radius 1 is 0.800 bits per heavy atom. The number of hydrogen-bond donors (Lipinski definition) is 0. The summed E-state index contributed by atoms with van der Waals surface area (Å²) in [5.74, 6) is -0.0885. The van der Waals surface area contributed by atoms with Gasteiger partial charge < -0.3 is 0 Å². The topological polar surface area (TPSA) is 0 Å². The third kappa shape index (κ3) is 3.02. The van der Waals surface area contributed by atoms with Gasteiger partial charge in [0.15, 0.2) is 0 Å². The van der Waals surface area contributed by atoms with Crippen LogP contribution in [-0.2, 0) is 0 Å². The van der Waals surface area contributed by atoms with Crippen LogP contribution in [-0.4, -0.2) is 16.1 Å². The van der Waals surface area contributed by atoms with Gasteiger partial charge in [-0.3, -0.25) is 0 Å². The van der Waals surface area contributed by atoms with Crippen LogP contribution < -0.4 is 10.4 Å². The molecule has 3 heteroatoms. The van der Waals surface area contributed by atoms with Crippen LogP contribution in [0.2, 0.25) is 39.3 Å². The Kier molecular flexibility index (Phi) is 3.26. The highest BCUT2D eigenvalue weighted by Crippen LogP contribution is 2.08. The Bertz CT molecular complexity index is 359. The summed E-state index contributed by atoms with van der Waals surface area (Å²) in [7, 11) is -2.77. The summed E-state index contributed by atoms with van der Waals surface area (Å²) in [5.41, 5.74) is 0. The van der Waals surface area contributed by atoms with Crippen molar-refractivity contribution in [1.82, 2.24) is 0 Å². The fraction of sp³-hybridized carbons (Fsp3) is 0.500. The van der Waals surface area contributed by atoms with Gasteiger partial charge in [0.2, 0.25) is 0 Å². The molecule has 0 aliphatic carbocycles. The van der Waals surface area contributed by atoms with E-state index in [1.807, 2.05) is 6.07 Å². The smallest absolute Gasteiger partial charge is 0.123 e. The normalized spacial score (nSPS) is 13.0. The second-order valence-electron chi connectivity index (χ2n) is 6.19. The molecule has 0 aliphatic heterocycles. The highest BCUT2D eigenvalue weighted by molar-refractivity contribution is 6.98. The fourth-order valence-corrected chi connectivity index (χ4v) is 6.97. The van der Waals surface area contributed by atoms with E-state index in [0.29, 0.717) is 0 Å². The van der Waals surface area contributed by atoms with Gasteiger partial charge in [-0.1, -0.05) is 55.7 Å². The molecule has 0 aliphatic rings. The molecule has 0 aromatic heterocycles. The lowest BCUT2D eigenvalue weighted by Gasteiger charge is -2.27. The van der Waals surface area contributed by atoms with E-state index in [0.717, 1.165) is 0 Å². The van der Waals surface area contributed by atoms with Crippen molar-refractivity contribution in [2.45, 2.75) is 39.3 Å². The van der Waals surface area contributed by atoms with Crippen molar-refractivity contribution in [1.29, 1.82) is 0 Å². The lowest BCUT2D eigenvalue weighted by atomic mass is 10.3. The molecule has 15 heavy (non-hydrogen) atoms. The monoisotopic (exact) mass is 240 g/mol. The van der Waals surface area contributed by atoms with Crippen LogP contribution >= 0.6 is 0 Å². The molecule has 0 fully saturated rings. The van der Waals surface area contributed by atoms with Crippen molar-refractivity contribution in [3.8, 4) is 0 Å². The summed E-state index contributed by atoms with van der Waals surface area (Å²) in [6.45, 7) is 13.8. The maximum Gasteiger partial charge on any atom is 0.123 e. The molecule has 0 heterocycles. The van der Waals surface area contributed by atoms with E-state index >= 15 is 0 Å². The summed E-state index contributed by atoms with van der Waals surface area (Å²) < 4.78 is 13.3. The predicted octanol–water partition coefficient (Wildman–Crippen LogP) is 2.92. The molecule has 1 aromatic carbocycles. The van der Waals surface area contributed by atoms with Crippen LogP contribution in [0.25, 0.3) is 0 Å². The molecule has 0 saturated heterocycles. The van der Waals surface area contributed by atoms with E-state index in [9.17, 15) is 4.39 Å². The largest absolute Gasteiger partial charge is 0.207 e. The predicted molar refractivity (Wildman–Crippen MR) is 72.4 cm³/mol. The summed E-state index contributed by atoms with van der Waals surface area (Å²) >= 11 is 0. The van der Waals surface area contributed by atoms with E-state index in [-0.39, 0.29) is 5.82 Å². The van der Waals surface area contributed by atoms with Crippen molar-refractivity contribution in [2.24, 2.45) is 0 Å². The molecule has 0 unspecified atom stereocenters. The molecule has 1 rings (SSSR count). The Labute approximate surface area is 94.5 Å². The molecule has 0 amide bonds. The molecular weight excluding hydrogens is 219 g/mol. The second-order valence-corrected chi connectivity index (χ2v) is 16.3. The summed E-state index contributed by atoms with van der Waals surface area (Å²) in [5, 5.41) is 2.74. The first-order valence-corrected chi connectivity index (χ1v) is 12.4. The zero-order valence-electron chi connectivity index (χ0n) is 10.6. The average Bonchev–Trinajstić information content (AvgIpc) is 2.00. The lowest BCUT2D eigenvalue weighted by Crippen LogP contribution is -2.56. The maximum absolute atomic E-state index is 13.3. The molecule has 1 aromatic rings. The molecule has 0 radical (unpaired) electrons. The molecule has 0 saturated carbocycles. The zero-order valence-corrected chi connectivity index (χ0v) is 12.6. The van der Waals surface area contributed by atoms with Gasteiger partial charge in [0, 0.05) is 0 Å². The molecular formula is C12H21FSi2. The van der Waals surface area contributed by atoms with Crippen LogP contribution in [0.3, 0.4) is 0 Å². The van der Waals surface area contributed by atoms with Gasteiger partial charge >= 0.3 is 0 Å². The van der Waals surface area contributed by atoms with E-state index in [2.05, 4.69) is 39.3 Å². The second kappa shape index (κ2) is 3.87. The molecule has 84 valence electrons. The van der Waals surface area contributed by atoms with Gasteiger partial charge in [-0.2, -0.15) is 0 Å². The van der Waals surface area contributed by atoms with Crippen LogP contribution in [0, 0.1) is 5.82 Å². The highest BCUT2D eigenvalue weighted by atomic mass is 28.3. The number of halogens is 1. The van der Waals surface area contributed by atoms with Gasteiger partial charge in [0.05, 0.1) is 16.1 Å². The quantitative estimate of drug-likeness (QED) is 0.697. The fourth-order valence-electron chi connectivity index (χ4n) is 1.79.